The molecule has 30 heavy (non-hydrogen) atoms. The number of carbonyl (C=O) groups is 2. The Labute approximate surface area is 172 Å². The zero-order valence-corrected chi connectivity index (χ0v) is 16.4. The van der Waals surface area contributed by atoms with Gasteiger partial charge >= 0.3 is 5.97 Å². The van der Waals surface area contributed by atoms with E-state index >= 15 is 0 Å². The van der Waals surface area contributed by atoms with Gasteiger partial charge in [-0.25, -0.2) is 8.78 Å². The highest BCUT2D eigenvalue weighted by molar-refractivity contribution is 6.12. The van der Waals surface area contributed by atoms with Crippen molar-refractivity contribution in [3.63, 3.8) is 0 Å². The highest BCUT2D eigenvalue weighted by Gasteiger charge is 2.32. The number of carbonyl (C=O) groups excluding carboxylic acids is 2. The highest BCUT2D eigenvalue weighted by atomic mass is 19.1. The van der Waals surface area contributed by atoms with Crippen LogP contribution in [-0.2, 0) is 14.3 Å². The maximum atomic E-state index is 14.7. The van der Waals surface area contributed by atoms with E-state index in [0.29, 0.717) is 43.0 Å². The van der Waals surface area contributed by atoms with E-state index in [1.807, 2.05) is 4.90 Å². The molecule has 2 aromatic rings. The zero-order chi connectivity index (χ0) is 21.3. The Hall–Kier alpha value is -3.29. The first-order chi connectivity index (χ1) is 14.5. The molecule has 6 nitrogen and oxygen atoms in total. The van der Waals surface area contributed by atoms with Crippen molar-refractivity contribution in [2.45, 2.75) is 18.8 Å². The molecular weight excluding hydrogens is 392 g/mol. The molecule has 0 radical (unpaired) electrons. The second kappa shape index (κ2) is 8.22. The standard InChI is InChI=1S/C22H21F2N3O3/c1-30-22(29)13-7-9-27(10-8-13)19-6-5-14(11-17(19)24)25-12-15-20-16(23)3-2-4-18(20)26-21(15)28/h2-6,11-13,15H,7-10H2,1H3,(H,26,28). The average Bonchev–Trinajstić information content (AvgIpc) is 3.08. The first-order valence-corrected chi connectivity index (χ1v) is 9.73. The van der Waals surface area contributed by atoms with Crippen LogP contribution >= 0.6 is 0 Å². The molecule has 2 aromatic carbocycles. The first-order valence-electron chi connectivity index (χ1n) is 9.73. The van der Waals surface area contributed by atoms with Crippen LogP contribution in [0.4, 0.5) is 25.8 Å². The number of amides is 1. The number of esters is 1. The third-order valence-electron chi connectivity index (χ3n) is 5.58. The van der Waals surface area contributed by atoms with Gasteiger partial charge in [0.1, 0.15) is 17.6 Å². The topological polar surface area (TPSA) is 71.0 Å². The quantitative estimate of drug-likeness (QED) is 0.612. The van der Waals surface area contributed by atoms with E-state index in [2.05, 4.69) is 10.3 Å². The van der Waals surface area contributed by atoms with Gasteiger partial charge in [-0.05, 0) is 37.1 Å². The molecule has 0 saturated carbocycles. The molecule has 1 amide bonds. The third-order valence-corrected chi connectivity index (χ3v) is 5.58. The van der Waals surface area contributed by atoms with E-state index < -0.39 is 17.6 Å². The van der Waals surface area contributed by atoms with E-state index in [-0.39, 0.29) is 23.4 Å². The Morgan fingerprint density at radius 2 is 1.97 bits per heavy atom. The summed E-state index contributed by atoms with van der Waals surface area (Å²) in [5.74, 6) is -2.54. The Morgan fingerprint density at radius 1 is 1.20 bits per heavy atom. The van der Waals surface area contributed by atoms with Crippen LogP contribution in [0.5, 0.6) is 0 Å². The van der Waals surface area contributed by atoms with Gasteiger partial charge in [0, 0.05) is 36.6 Å². The molecule has 0 bridgehead atoms. The van der Waals surface area contributed by atoms with E-state index in [4.69, 9.17) is 4.74 Å². The average molecular weight is 413 g/mol. The summed E-state index contributed by atoms with van der Waals surface area (Å²) < 4.78 is 33.6. The van der Waals surface area contributed by atoms with Crippen LogP contribution in [0.2, 0.25) is 0 Å². The summed E-state index contributed by atoms with van der Waals surface area (Å²) in [5.41, 5.74) is 1.44. The lowest BCUT2D eigenvalue weighted by atomic mass is 9.96. The number of methoxy groups -OCH3 is 1. The number of anilines is 2. The lowest BCUT2D eigenvalue weighted by molar-refractivity contribution is -0.146. The van der Waals surface area contributed by atoms with Crippen LogP contribution in [0.25, 0.3) is 0 Å². The summed E-state index contributed by atoms with van der Waals surface area (Å²) in [4.78, 5) is 29.9. The summed E-state index contributed by atoms with van der Waals surface area (Å²) >= 11 is 0. The SMILES string of the molecule is COC(=O)C1CCN(c2ccc(N=CC3C(=O)Nc4cccc(F)c43)cc2F)CC1. The largest absolute Gasteiger partial charge is 0.469 e. The summed E-state index contributed by atoms with van der Waals surface area (Å²) in [6.45, 7) is 1.11. The van der Waals surface area contributed by atoms with Crippen molar-refractivity contribution >= 4 is 35.2 Å². The fraction of sp³-hybridized carbons (Fsp3) is 0.318. The van der Waals surface area contributed by atoms with Crippen molar-refractivity contribution in [1.29, 1.82) is 0 Å². The molecule has 0 aliphatic carbocycles. The number of nitrogens with zero attached hydrogens (tertiary/aromatic N) is 2. The number of hydrogen-bond acceptors (Lipinski definition) is 5. The number of hydrogen-bond donors (Lipinski definition) is 1. The van der Waals surface area contributed by atoms with Gasteiger partial charge in [0.25, 0.3) is 0 Å². The molecule has 2 aliphatic heterocycles. The van der Waals surface area contributed by atoms with Crippen molar-refractivity contribution < 1.29 is 23.1 Å². The van der Waals surface area contributed by atoms with Gasteiger partial charge in [0.15, 0.2) is 0 Å². The molecule has 1 atom stereocenters. The molecule has 2 heterocycles. The van der Waals surface area contributed by atoms with Gasteiger partial charge < -0.3 is 15.0 Å². The number of piperidine rings is 1. The van der Waals surface area contributed by atoms with E-state index in [1.165, 1.54) is 31.5 Å². The molecule has 0 spiro atoms. The fourth-order valence-electron chi connectivity index (χ4n) is 3.96. The summed E-state index contributed by atoms with van der Waals surface area (Å²) in [5, 5.41) is 2.62. The van der Waals surface area contributed by atoms with E-state index in [9.17, 15) is 18.4 Å². The molecule has 0 aromatic heterocycles. The molecule has 1 fully saturated rings. The smallest absolute Gasteiger partial charge is 0.308 e. The van der Waals surface area contributed by atoms with Crippen molar-refractivity contribution in [2.75, 3.05) is 30.4 Å². The predicted molar refractivity (Wildman–Crippen MR) is 109 cm³/mol. The van der Waals surface area contributed by atoms with Crippen molar-refractivity contribution in [1.82, 2.24) is 0 Å². The molecule has 2 aliphatic rings. The number of aliphatic imine (C=N–C) groups is 1. The van der Waals surface area contributed by atoms with Crippen molar-refractivity contribution in [2.24, 2.45) is 10.9 Å². The van der Waals surface area contributed by atoms with Crippen molar-refractivity contribution in [3.05, 3.63) is 53.6 Å². The summed E-state index contributed by atoms with van der Waals surface area (Å²) in [6, 6.07) is 9.00. The molecule has 1 unspecified atom stereocenters. The van der Waals surface area contributed by atoms with Gasteiger partial charge in [-0.15, -0.1) is 0 Å². The number of nitrogens with one attached hydrogen (secondary N) is 1. The van der Waals surface area contributed by atoms with Gasteiger partial charge in [0.05, 0.1) is 24.4 Å². The van der Waals surface area contributed by atoms with Crippen LogP contribution in [0.15, 0.2) is 41.4 Å². The summed E-state index contributed by atoms with van der Waals surface area (Å²) in [6.07, 6.45) is 2.54. The number of fused-ring (bicyclic) bond motifs is 1. The number of rotatable bonds is 4. The van der Waals surface area contributed by atoms with Gasteiger partial charge in [-0.2, -0.15) is 0 Å². The monoisotopic (exact) mass is 413 g/mol. The number of benzene rings is 2. The Morgan fingerprint density at radius 3 is 2.67 bits per heavy atom. The minimum atomic E-state index is -0.860. The second-order valence-corrected chi connectivity index (χ2v) is 7.37. The predicted octanol–water partition coefficient (Wildman–Crippen LogP) is 3.79. The minimum Gasteiger partial charge on any atom is -0.469 e. The van der Waals surface area contributed by atoms with Crippen LogP contribution in [0.1, 0.15) is 24.3 Å². The maximum absolute atomic E-state index is 14.7. The van der Waals surface area contributed by atoms with Crippen LogP contribution in [0.3, 0.4) is 0 Å². The van der Waals surface area contributed by atoms with Crippen molar-refractivity contribution in [3.8, 4) is 0 Å². The van der Waals surface area contributed by atoms with Gasteiger partial charge in [-0.1, -0.05) is 6.07 Å². The number of halogens is 2. The van der Waals surface area contributed by atoms with E-state index in [1.54, 1.807) is 18.2 Å². The Bertz CT molecular complexity index is 1020. The Kier molecular flexibility index (Phi) is 5.48. The van der Waals surface area contributed by atoms with Gasteiger partial charge in [0.2, 0.25) is 5.91 Å². The minimum absolute atomic E-state index is 0.154. The normalized spacial score (nSPS) is 19.1. The molecule has 4 rings (SSSR count). The first kappa shape index (κ1) is 20.0. The van der Waals surface area contributed by atoms with Crippen LogP contribution in [-0.4, -0.2) is 38.3 Å². The lowest BCUT2D eigenvalue weighted by Gasteiger charge is -2.32. The van der Waals surface area contributed by atoms with Crippen LogP contribution < -0.4 is 10.2 Å². The molecule has 1 N–H and O–H groups in total. The molecule has 1 saturated heterocycles. The maximum Gasteiger partial charge on any atom is 0.308 e. The Balaban J connectivity index is 1.47. The zero-order valence-electron chi connectivity index (χ0n) is 16.4. The number of ether oxygens (including phenoxy) is 1. The molecule has 156 valence electrons. The summed E-state index contributed by atoms with van der Waals surface area (Å²) in [7, 11) is 1.37. The van der Waals surface area contributed by atoms with Crippen LogP contribution in [0, 0.1) is 17.6 Å². The second-order valence-electron chi connectivity index (χ2n) is 7.37. The molecule has 8 heteroatoms. The van der Waals surface area contributed by atoms with Gasteiger partial charge in [-0.3, -0.25) is 14.6 Å². The lowest BCUT2D eigenvalue weighted by Crippen LogP contribution is -2.37. The fourth-order valence-corrected chi connectivity index (χ4v) is 3.96. The van der Waals surface area contributed by atoms with E-state index in [0.717, 1.165) is 0 Å². The molecular formula is C22H21F2N3O3. The third kappa shape index (κ3) is 3.77. The highest BCUT2D eigenvalue weighted by Crippen LogP contribution is 2.34.